The minimum absolute atomic E-state index is 0.510. The summed E-state index contributed by atoms with van der Waals surface area (Å²) in [6.07, 6.45) is 7.13. The van der Waals surface area contributed by atoms with Gasteiger partial charge in [-0.2, -0.15) is 4.98 Å². The molecule has 2 N–H and O–H groups in total. The largest absolute Gasteiger partial charge is 0.390 e. The predicted molar refractivity (Wildman–Crippen MR) is 70.6 cm³/mol. The zero-order valence-electron chi connectivity index (χ0n) is 10.1. The predicted octanol–water partition coefficient (Wildman–Crippen LogP) is 3.14. The third-order valence-corrected chi connectivity index (χ3v) is 5.20. The summed E-state index contributed by atoms with van der Waals surface area (Å²) < 4.78 is 5.44. The molecule has 4 nitrogen and oxygen atoms in total. The van der Waals surface area contributed by atoms with Crippen molar-refractivity contribution >= 4 is 16.3 Å². The third-order valence-electron chi connectivity index (χ3n) is 4.07. The molecule has 2 heterocycles. The number of hydrogen-bond donors (Lipinski definition) is 1. The highest BCUT2D eigenvalue weighted by atomic mass is 32.1. The molecule has 5 heteroatoms. The monoisotopic (exact) mass is 261 g/mol. The summed E-state index contributed by atoms with van der Waals surface area (Å²) in [5.74, 6) is 2.01. The van der Waals surface area contributed by atoms with Crippen LogP contribution in [0.1, 0.15) is 47.9 Å². The van der Waals surface area contributed by atoms with E-state index < -0.39 is 0 Å². The molecule has 0 unspecified atom stereocenters. The second-order valence-corrected chi connectivity index (χ2v) is 6.32. The smallest absolute Gasteiger partial charge is 0.261 e. The Kier molecular flexibility index (Phi) is 2.24. The molecule has 0 radical (unpaired) electrons. The molecule has 0 amide bonds. The Bertz CT molecular complexity index is 597. The molecule has 0 atom stereocenters. The summed E-state index contributed by atoms with van der Waals surface area (Å²) in [6.45, 7) is 0. The van der Waals surface area contributed by atoms with Crippen molar-refractivity contribution in [2.45, 2.75) is 44.4 Å². The molecular weight excluding hydrogens is 246 g/mol. The number of thiophene rings is 1. The zero-order chi connectivity index (χ0) is 12.1. The summed E-state index contributed by atoms with van der Waals surface area (Å²) >= 11 is 1.69. The lowest BCUT2D eigenvalue weighted by atomic mass is 9.85. The van der Waals surface area contributed by atoms with Crippen LogP contribution in [-0.4, -0.2) is 10.1 Å². The van der Waals surface area contributed by atoms with Crippen LogP contribution in [0.2, 0.25) is 0 Å². The van der Waals surface area contributed by atoms with Crippen molar-refractivity contribution in [3.05, 3.63) is 16.3 Å². The number of nitrogens with zero attached hydrogens (tertiary/aromatic N) is 2. The highest BCUT2D eigenvalue weighted by Crippen LogP contribution is 2.43. The fourth-order valence-corrected chi connectivity index (χ4v) is 3.98. The Balaban J connectivity index is 1.76. The van der Waals surface area contributed by atoms with Crippen molar-refractivity contribution in [1.29, 1.82) is 0 Å². The van der Waals surface area contributed by atoms with Crippen LogP contribution in [0.25, 0.3) is 11.5 Å². The zero-order valence-corrected chi connectivity index (χ0v) is 10.9. The van der Waals surface area contributed by atoms with E-state index in [1.807, 2.05) is 0 Å². The van der Waals surface area contributed by atoms with Gasteiger partial charge in [-0.25, -0.2) is 0 Å². The number of hydrogen-bond acceptors (Lipinski definition) is 5. The second kappa shape index (κ2) is 3.82. The molecule has 1 saturated carbocycles. The molecule has 2 aliphatic carbocycles. The van der Waals surface area contributed by atoms with E-state index >= 15 is 0 Å². The maximum Gasteiger partial charge on any atom is 0.261 e. The summed E-state index contributed by atoms with van der Waals surface area (Å²) in [5.41, 5.74) is 8.47. The van der Waals surface area contributed by atoms with Crippen molar-refractivity contribution in [3.8, 4) is 11.5 Å². The number of nitrogens with two attached hydrogens (primary N) is 1. The van der Waals surface area contributed by atoms with Gasteiger partial charge in [0.15, 0.2) is 5.82 Å². The fourth-order valence-electron chi connectivity index (χ4n) is 2.83. The molecular formula is C13H15N3OS. The van der Waals surface area contributed by atoms with Gasteiger partial charge in [0.1, 0.15) is 0 Å². The van der Waals surface area contributed by atoms with Gasteiger partial charge in [-0.1, -0.05) is 11.6 Å². The Morgan fingerprint density at radius 1 is 1.22 bits per heavy atom. The molecule has 0 spiro atoms. The van der Waals surface area contributed by atoms with E-state index in [0.29, 0.717) is 11.8 Å². The normalized spacial score (nSPS) is 18.9. The molecule has 4 rings (SSSR count). The van der Waals surface area contributed by atoms with Gasteiger partial charge in [-0.15, -0.1) is 11.3 Å². The third kappa shape index (κ3) is 1.43. The first-order chi connectivity index (χ1) is 8.83. The molecule has 0 bridgehead atoms. The summed E-state index contributed by atoms with van der Waals surface area (Å²) in [5, 5.41) is 4.96. The number of aromatic nitrogens is 2. The van der Waals surface area contributed by atoms with Gasteiger partial charge in [-0.3, -0.25) is 0 Å². The fraction of sp³-hybridized carbons (Fsp3) is 0.538. The maximum absolute atomic E-state index is 6.11. The van der Waals surface area contributed by atoms with E-state index in [2.05, 4.69) is 10.1 Å². The molecule has 1 fully saturated rings. The van der Waals surface area contributed by atoms with Crippen molar-refractivity contribution in [2.24, 2.45) is 0 Å². The lowest BCUT2D eigenvalue weighted by Gasteiger charge is -2.20. The second-order valence-electron chi connectivity index (χ2n) is 5.18. The lowest BCUT2D eigenvalue weighted by molar-refractivity contribution is 0.366. The van der Waals surface area contributed by atoms with Crippen molar-refractivity contribution < 1.29 is 4.52 Å². The van der Waals surface area contributed by atoms with Gasteiger partial charge < -0.3 is 10.3 Å². The van der Waals surface area contributed by atoms with E-state index in [-0.39, 0.29) is 0 Å². The van der Waals surface area contributed by atoms with Crippen LogP contribution in [0.15, 0.2) is 4.52 Å². The minimum atomic E-state index is 0.510. The highest BCUT2D eigenvalue weighted by Gasteiger charge is 2.28. The Morgan fingerprint density at radius 3 is 2.89 bits per heavy atom. The standard InChI is InChI=1S/C13H15N3OS/c14-11-10(8-5-2-6-9(8)18-11)13-15-12(16-17-13)7-3-1-4-7/h7H,1-6,14H2. The lowest BCUT2D eigenvalue weighted by Crippen LogP contribution is -2.10. The van der Waals surface area contributed by atoms with Crippen LogP contribution in [0.4, 0.5) is 5.00 Å². The Labute approximate surface area is 109 Å². The first-order valence-corrected chi connectivity index (χ1v) is 7.38. The van der Waals surface area contributed by atoms with E-state index in [1.54, 1.807) is 11.3 Å². The average Bonchev–Trinajstić information content (AvgIpc) is 2.91. The molecule has 0 aliphatic heterocycles. The minimum Gasteiger partial charge on any atom is -0.390 e. The van der Waals surface area contributed by atoms with Crippen LogP contribution in [0.5, 0.6) is 0 Å². The number of fused-ring (bicyclic) bond motifs is 1. The molecule has 2 aliphatic rings. The van der Waals surface area contributed by atoms with Gasteiger partial charge in [-0.05, 0) is 37.7 Å². The van der Waals surface area contributed by atoms with Crippen molar-refractivity contribution in [3.63, 3.8) is 0 Å². The first kappa shape index (κ1) is 10.6. The highest BCUT2D eigenvalue weighted by molar-refractivity contribution is 7.16. The number of rotatable bonds is 2. The van der Waals surface area contributed by atoms with Crippen LogP contribution < -0.4 is 5.73 Å². The molecule has 0 aromatic carbocycles. The van der Waals surface area contributed by atoms with Gasteiger partial charge in [0.05, 0.1) is 10.6 Å². The van der Waals surface area contributed by atoms with E-state index in [9.17, 15) is 0 Å². The van der Waals surface area contributed by atoms with Crippen molar-refractivity contribution in [1.82, 2.24) is 10.1 Å². The SMILES string of the molecule is Nc1sc2c(c1-c1nc(C3CCC3)no1)CCC2. The van der Waals surface area contributed by atoms with Gasteiger partial charge in [0, 0.05) is 10.8 Å². The number of aryl methyl sites for hydroxylation is 1. The Morgan fingerprint density at radius 2 is 2.11 bits per heavy atom. The summed E-state index contributed by atoms with van der Waals surface area (Å²) in [4.78, 5) is 5.97. The Hall–Kier alpha value is -1.36. The molecule has 2 aromatic rings. The van der Waals surface area contributed by atoms with E-state index in [4.69, 9.17) is 10.3 Å². The molecule has 18 heavy (non-hydrogen) atoms. The molecule has 94 valence electrons. The molecule has 0 saturated heterocycles. The van der Waals surface area contributed by atoms with Gasteiger partial charge in [0.25, 0.3) is 5.89 Å². The summed E-state index contributed by atoms with van der Waals surface area (Å²) in [6, 6.07) is 0. The topological polar surface area (TPSA) is 64.9 Å². The van der Waals surface area contributed by atoms with Crippen LogP contribution in [0, 0.1) is 0 Å². The molecule has 2 aromatic heterocycles. The maximum atomic E-state index is 6.11. The van der Waals surface area contributed by atoms with Crippen LogP contribution in [0.3, 0.4) is 0 Å². The number of nitrogen functional groups attached to an aromatic ring is 1. The first-order valence-electron chi connectivity index (χ1n) is 6.57. The van der Waals surface area contributed by atoms with Gasteiger partial charge >= 0.3 is 0 Å². The summed E-state index contributed by atoms with van der Waals surface area (Å²) in [7, 11) is 0. The van der Waals surface area contributed by atoms with Crippen molar-refractivity contribution in [2.75, 3.05) is 5.73 Å². The van der Waals surface area contributed by atoms with E-state index in [0.717, 1.165) is 29.2 Å². The van der Waals surface area contributed by atoms with Crippen LogP contribution in [-0.2, 0) is 12.8 Å². The number of anilines is 1. The van der Waals surface area contributed by atoms with E-state index in [1.165, 1.54) is 36.1 Å². The quantitative estimate of drug-likeness (QED) is 0.902. The average molecular weight is 261 g/mol. The van der Waals surface area contributed by atoms with Crippen LogP contribution >= 0.6 is 11.3 Å². The van der Waals surface area contributed by atoms with Gasteiger partial charge in [0.2, 0.25) is 0 Å².